The van der Waals surface area contributed by atoms with Crippen LogP contribution >= 0.6 is 0 Å². The third-order valence-corrected chi connectivity index (χ3v) is 8.16. The van der Waals surface area contributed by atoms with Crippen molar-refractivity contribution in [3.63, 3.8) is 0 Å². The highest BCUT2D eigenvalue weighted by Gasteiger charge is 2.26. The lowest BCUT2D eigenvalue weighted by Gasteiger charge is -2.30. The van der Waals surface area contributed by atoms with Gasteiger partial charge in [-0.2, -0.15) is 0 Å². The summed E-state index contributed by atoms with van der Waals surface area (Å²) in [5, 5.41) is 4.85. The van der Waals surface area contributed by atoms with E-state index in [-0.39, 0.29) is 0 Å². The number of fused-ring (bicyclic) bond motifs is 5. The number of aromatic nitrogens is 1. The molecule has 0 aliphatic heterocycles. The van der Waals surface area contributed by atoms with E-state index in [9.17, 15) is 8.78 Å². The summed E-state index contributed by atoms with van der Waals surface area (Å²) in [6.07, 6.45) is 6.09. The van der Waals surface area contributed by atoms with Gasteiger partial charge in [-0.15, -0.1) is 0 Å². The summed E-state index contributed by atoms with van der Waals surface area (Å²) >= 11 is 0. The summed E-state index contributed by atoms with van der Waals surface area (Å²) in [6, 6.07) is 23.6. The van der Waals surface area contributed by atoms with Crippen LogP contribution in [0.4, 0.5) is 8.78 Å². The van der Waals surface area contributed by atoms with Gasteiger partial charge in [0.15, 0.2) is 0 Å². The van der Waals surface area contributed by atoms with Gasteiger partial charge in [0.05, 0.1) is 5.69 Å². The molecular formula is C33H21F2N. The summed E-state index contributed by atoms with van der Waals surface area (Å²) < 4.78 is 28.6. The number of hydrogen-bond acceptors (Lipinski definition) is 1. The number of halogens is 2. The SMILES string of the molecule is Fc1cc(F)c2c(ccc3c4ccnc(-c5cc6c7c(c5)CCc5cccc(c5-7)CC6)c4ccc32)c1. The van der Waals surface area contributed by atoms with Crippen LogP contribution in [0.3, 0.4) is 0 Å². The minimum absolute atomic E-state index is 0.460. The van der Waals surface area contributed by atoms with Gasteiger partial charge in [-0.1, -0.05) is 42.5 Å². The van der Waals surface area contributed by atoms with Crippen molar-refractivity contribution in [3.05, 3.63) is 113 Å². The Morgan fingerprint density at radius 1 is 0.583 bits per heavy atom. The monoisotopic (exact) mass is 469 g/mol. The maximum Gasteiger partial charge on any atom is 0.134 e. The van der Waals surface area contributed by atoms with Gasteiger partial charge in [-0.05, 0) is 105 Å². The molecule has 0 unspecified atom stereocenters. The smallest absolute Gasteiger partial charge is 0.134 e. The number of hydrogen-bond donors (Lipinski definition) is 0. The van der Waals surface area contributed by atoms with E-state index < -0.39 is 11.6 Å². The Bertz CT molecular complexity index is 1870. The zero-order chi connectivity index (χ0) is 24.0. The molecule has 3 heteroatoms. The first-order valence-electron chi connectivity index (χ1n) is 12.5. The van der Waals surface area contributed by atoms with E-state index in [1.165, 1.54) is 39.4 Å². The molecule has 2 aliphatic carbocycles. The molecule has 36 heavy (non-hydrogen) atoms. The summed E-state index contributed by atoms with van der Waals surface area (Å²) in [7, 11) is 0. The number of pyridine rings is 1. The van der Waals surface area contributed by atoms with Crippen molar-refractivity contribution < 1.29 is 8.78 Å². The highest BCUT2D eigenvalue weighted by Crippen LogP contribution is 2.45. The Hall–Kier alpha value is -4.11. The molecule has 2 aliphatic rings. The Kier molecular flexibility index (Phi) is 4.03. The maximum absolute atomic E-state index is 14.8. The van der Waals surface area contributed by atoms with Gasteiger partial charge in [-0.25, -0.2) is 8.78 Å². The molecule has 0 radical (unpaired) electrons. The number of nitrogens with zero attached hydrogens (tertiary/aromatic N) is 1. The molecule has 0 fully saturated rings. The van der Waals surface area contributed by atoms with Crippen LogP contribution < -0.4 is 0 Å². The molecule has 0 N–H and O–H groups in total. The van der Waals surface area contributed by atoms with Crippen molar-refractivity contribution in [2.45, 2.75) is 25.7 Å². The van der Waals surface area contributed by atoms with Crippen LogP contribution in [0.1, 0.15) is 22.3 Å². The molecule has 0 spiro atoms. The van der Waals surface area contributed by atoms with Crippen LogP contribution in [-0.2, 0) is 25.7 Å². The second-order valence-electron chi connectivity index (χ2n) is 10.1. The molecule has 1 aromatic heterocycles. The maximum atomic E-state index is 14.8. The lowest BCUT2D eigenvalue weighted by Crippen LogP contribution is -2.14. The Morgan fingerprint density at radius 2 is 1.22 bits per heavy atom. The van der Waals surface area contributed by atoms with Crippen molar-refractivity contribution in [1.82, 2.24) is 4.98 Å². The Morgan fingerprint density at radius 3 is 2.00 bits per heavy atom. The summed E-state index contributed by atoms with van der Waals surface area (Å²) in [4.78, 5) is 4.84. The predicted molar refractivity (Wildman–Crippen MR) is 142 cm³/mol. The first kappa shape index (κ1) is 20.1. The van der Waals surface area contributed by atoms with E-state index >= 15 is 0 Å². The third-order valence-electron chi connectivity index (χ3n) is 8.16. The van der Waals surface area contributed by atoms with Gasteiger partial charge in [-0.3, -0.25) is 4.98 Å². The van der Waals surface area contributed by atoms with Gasteiger partial charge in [0, 0.05) is 28.6 Å². The van der Waals surface area contributed by atoms with E-state index in [0.717, 1.165) is 64.6 Å². The molecule has 0 bridgehead atoms. The first-order chi connectivity index (χ1) is 17.7. The molecule has 1 nitrogen and oxygen atoms in total. The zero-order valence-corrected chi connectivity index (χ0v) is 19.5. The van der Waals surface area contributed by atoms with Crippen LogP contribution in [0.15, 0.2) is 79.0 Å². The van der Waals surface area contributed by atoms with E-state index in [0.29, 0.717) is 10.8 Å². The summed E-state index contributed by atoms with van der Waals surface area (Å²) in [5.74, 6) is -1.09. The fourth-order valence-electron chi connectivity index (χ4n) is 6.64. The second-order valence-corrected chi connectivity index (χ2v) is 10.1. The van der Waals surface area contributed by atoms with Gasteiger partial charge in [0.25, 0.3) is 0 Å². The second kappa shape index (κ2) is 7.20. The van der Waals surface area contributed by atoms with Crippen LogP contribution in [0.5, 0.6) is 0 Å². The summed E-state index contributed by atoms with van der Waals surface area (Å²) in [5.41, 5.74) is 10.8. The highest BCUT2D eigenvalue weighted by atomic mass is 19.1. The van der Waals surface area contributed by atoms with Gasteiger partial charge < -0.3 is 0 Å². The third kappa shape index (κ3) is 2.71. The average molecular weight is 470 g/mol. The average Bonchev–Trinajstić information content (AvgIpc) is 2.90. The first-order valence-corrected chi connectivity index (χ1v) is 12.5. The van der Waals surface area contributed by atoms with Crippen LogP contribution in [0.25, 0.3) is 54.7 Å². The molecule has 0 saturated heterocycles. The van der Waals surface area contributed by atoms with E-state index in [1.807, 2.05) is 30.5 Å². The minimum Gasteiger partial charge on any atom is -0.256 e. The normalized spacial score (nSPS) is 13.9. The molecule has 0 atom stereocenters. The number of aryl methyl sites for hydroxylation is 4. The van der Waals surface area contributed by atoms with Crippen molar-refractivity contribution in [2.24, 2.45) is 0 Å². The number of rotatable bonds is 1. The van der Waals surface area contributed by atoms with Gasteiger partial charge in [0.2, 0.25) is 0 Å². The molecule has 5 aromatic carbocycles. The van der Waals surface area contributed by atoms with Gasteiger partial charge >= 0.3 is 0 Å². The van der Waals surface area contributed by atoms with Crippen LogP contribution in [0, 0.1) is 11.6 Å². The molecule has 0 amide bonds. The zero-order valence-electron chi connectivity index (χ0n) is 19.5. The molecule has 172 valence electrons. The molecule has 1 heterocycles. The van der Waals surface area contributed by atoms with Crippen molar-refractivity contribution in [1.29, 1.82) is 0 Å². The predicted octanol–water partition coefficient (Wildman–Crippen LogP) is 8.35. The Labute approximate surface area is 207 Å². The molecular weight excluding hydrogens is 448 g/mol. The van der Waals surface area contributed by atoms with Gasteiger partial charge in [0.1, 0.15) is 11.6 Å². The fourth-order valence-corrected chi connectivity index (χ4v) is 6.64. The van der Waals surface area contributed by atoms with Crippen molar-refractivity contribution in [3.8, 4) is 22.4 Å². The van der Waals surface area contributed by atoms with E-state index in [1.54, 1.807) is 6.07 Å². The van der Waals surface area contributed by atoms with Crippen LogP contribution in [-0.4, -0.2) is 4.98 Å². The van der Waals surface area contributed by atoms with Crippen LogP contribution in [0.2, 0.25) is 0 Å². The lowest BCUT2D eigenvalue weighted by molar-refractivity contribution is 0.592. The fraction of sp³-hybridized carbons (Fsp3) is 0.121. The largest absolute Gasteiger partial charge is 0.256 e. The summed E-state index contributed by atoms with van der Waals surface area (Å²) in [6.45, 7) is 0. The quantitative estimate of drug-likeness (QED) is 0.221. The Balaban J connectivity index is 1.37. The molecule has 6 aromatic rings. The van der Waals surface area contributed by atoms with Crippen molar-refractivity contribution >= 4 is 32.3 Å². The van der Waals surface area contributed by atoms with Crippen molar-refractivity contribution in [2.75, 3.05) is 0 Å². The van der Waals surface area contributed by atoms with E-state index in [4.69, 9.17) is 4.98 Å². The standard InChI is InChI=1S/C33H21F2N/c34-24-16-22-8-9-25-26-12-13-36-33(28(26)11-10-27(25)32(22)29(35)17-24)23-14-20-6-4-18-2-1-3-19-5-7-21(15-23)31(20)30(18)19/h1-3,8-17H,4-7H2. The highest BCUT2D eigenvalue weighted by molar-refractivity contribution is 6.19. The molecule has 8 rings (SSSR count). The van der Waals surface area contributed by atoms with E-state index in [2.05, 4.69) is 30.3 Å². The number of benzene rings is 5. The minimum atomic E-state index is -0.558. The molecule has 0 saturated carbocycles. The lowest BCUT2D eigenvalue weighted by atomic mass is 9.74. The topological polar surface area (TPSA) is 12.9 Å².